The summed E-state index contributed by atoms with van der Waals surface area (Å²) in [7, 11) is 0. The summed E-state index contributed by atoms with van der Waals surface area (Å²) in [6, 6.07) is 14.1. The van der Waals surface area contributed by atoms with Gasteiger partial charge >= 0.3 is 0 Å². The van der Waals surface area contributed by atoms with E-state index in [0.717, 1.165) is 45.7 Å². The second-order valence-electron chi connectivity index (χ2n) is 6.67. The molecule has 0 aromatic heterocycles. The van der Waals surface area contributed by atoms with Crippen molar-refractivity contribution in [3.05, 3.63) is 35.9 Å². The molecule has 124 valence electrons. The maximum Gasteiger partial charge on any atom is 0.0656 e. The Morgan fingerprint density at radius 3 is 2.74 bits per heavy atom. The molecule has 1 aromatic rings. The molecule has 1 saturated heterocycles. The van der Waals surface area contributed by atoms with Crippen LogP contribution in [0.25, 0.3) is 0 Å². The van der Waals surface area contributed by atoms with Crippen LogP contribution in [0.1, 0.15) is 37.3 Å². The average Bonchev–Trinajstić information content (AvgIpc) is 2.64. The highest BCUT2D eigenvalue weighted by Crippen LogP contribution is 2.25. The van der Waals surface area contributed by atoms with Crippen molar-refractivity contribution in [3.8, 4) is 6.07 Å². The van der Waals surface area contributed by atoms with E-state index in [2.05, 4.69) is 46.6 Å². The third-order valence-electron chi connectivity index (χ3n) is 5.13. The lowest BCUT2D eigenvalue weighted by molar-refractivity contribution is 0.0153. The number of ether oxygens (including phenoxy) is 1. The molecule has 3 rings (SSSR count). The summed E-state index contributed by atoms with van der Waals surface area (Å²) in [4.78, 5) is 2.52. The highest BCUT2D eigenvalue weighted by Gasteiger charge is 2.26. The van der Waals surface area contributed by atoms with Gasteiger partial charge in [0.1, 0.15) is 0 Å². The van der Waals surface area contributed by atoms with E-state index in [1.54, 1.807) is 0 Å². The van der Waals surface area contributed by atoms with Gasteiger partial charge in [0.05, 0.1) is 19.3 Å². The predicted octanol–water partition coefficient (Wildman–Crippen LogP) is 2.73. The van der Waals surface area contributed by atoms with Gasteiger partial charge in [-0.05, 0) is 24.8 Å². The SMILES string of the molecule is N#CC1CCCC(NCC(c2ccccc2)N2CCOCC2)C1. The zero-order chi connectivity index (χ0) is 15.9. The Morgan fingerprint density at radius 2 is 2.00 bits per heavy atom. The Labute approximate surface area is 139 Å². The molecule has 23 heavy (non-hydrogen) atoms. The monoisotopic (exact) mass is 313 g/mol. The minimum atomic E-state index is 0.236. The molecule has 1 heterocycles. The number of morpholine rings is 1. The number of rotatable bonds is 5. The summed E-state index contributed by atoms with van der Waals surface area (Å²) in [6.45, 7) is 4.58. The first-order valence-corrected chi connectivity index (χ1v) is 8.86. The van der Waals surface area contributed by atoms with Crippen LogP contribution in [0.5, 0.6) is 0 Å². The van der Waals surface area contributed by atoms with Crippen LogP contribution >= 0.6 is 0 Å². The van der Waals surface area contributed by atoms with Crippen LogP contribution in [0.15, 0.2) is 30.3 Å². The highest BCUT2D eigenvalue weighted by atomic mass is 16.5. The molecule has 1 aliphatic heterocycles. The maximum absolute atomic E-state index is 9.17. The molecule has 0 radical (unpaired) electrons. The molecule has 2 aliphatic rings. The van der Waals surface area contributed by atoms with Crippen LogP contribution < -0.4 is 5.32 Å². The van der Waals surface area contributed by atoms with Crippen molar-refractivity contribution in [1.82, 2.24) is 10.2 Å². The van der Waals surface area contributed by atoms with Gasteiger partial charge < -0.3 is 10.1 Å². The molecule has 1 N–H and O–H groups in total. The maximum atomic E-state index is 9.17. The molecule has 2 fully saturated rings. The number of nitrogens with one attached hydrogen (secondary N) is 1. The van der Waals surface area contributed by atoms with E-state index >= 15 is 0 Å². The molecular formula is C19H27N3O. The van der Waals surface area contributed by atoms with Crippen molar-refractivity contribution in [2.75, 3.05) is 32.8 Å². The lowest BCUT2D eigenvalue weighted by atomic mass is 9.86. The van der Waals surface area contributed by atoms with E-state index < -0.39 is 0 Å². The van der Waals surface area contributed by atoms with E-state index in [-0.39, 0.29) is 5.92 Å². The second kappa shape index (κ2) is 8.44. The van der Waals surface area contributed by atoms with Gasteiger partial charge in [0.15, 0.2) is 0 Å². The fourth-order valence-electron chi connectivity index (χ4n) is 3.79. The van der Waals surface area contributed by atoms with E-state index in [4.69, 9.17) is 10.00 Å². The standard InChI is InChI=1S/C19H27N3O/c20-14-16-5-4-8-18(13-16)21-15-19(17-6-2-1-3-7-17)22-9-11-23-12-10-22/h1-3,6-7,16,18-19,21H,4-5,8-13,15H2. The summed E-state index contributed by atoms with van der Waals surface area (Å²) in [6.07, 6.45) is 4.44. The number of hydrogen-bond acceptors (Lipinski definition) is 4. The number of nitrogens with zero attached hydrogens (tertiary/aromatic N) is 2. The molecule has 4 heteroatoms. The Bertz CT molecular complexity index is 507. The van der Waals surface area contributed by atoms with Crippen molar-refractivity contribution in [2.24, 2.45) is 5.92 Å². The van der Waals surface area contributed by atoms with Crippen LogP contribution in [-0.2, 0) is 4.74 Å². The van der Waals surface area contributed by atoms with E-state index in [1.807, 2.05) is 0 Å². The van der Waals surface area contributed by atoms with Crippen LogP contribution in [0.4, 0.5) is 0 Å². The van der Waals surface area contributed by atoms with Gasteiger partial charge in [0.2, 0.25) is 0 Å². The Hall–Kier alpha value is -1.41. The van der Waals surface area contributed by atoms with Gasteiger partial charge in [0, 0.05) is 37.6 Å². The fourth-order valence-corrected chi connectivity index (χ4v) is 3.79. The molecule has 0 amide bonds. The normalized spacial score (nSPS) is 27.3. The van der Waals surface area contributed by atoms with E-state index in [9.17, 15) is 0 Å². The molecular weight excluding hydrogens is 286 g/mol. The van der Waals surface area contributed by atoms with Gasteiger partial charge in [-0.25, -0.2) is 0 Å². The van der Waals surface area contributed by atoms with Crippen LogP contribution in [0.3, 0.4) is 0 Å². The van der Waals surface area contributed by atoms with Crippen LogP contribution in [0, 0.1) is 17.2 Å². The van der Waals surface area contributed by atoms with Gasteiger partial charge in [0.25, 0.3) is 0 Å². The van der Waals surface area contributed by atoms with Crippen molar-refractivity contribution in [2.45, 2.75) is 37.8 Å². The predicted molar refractivity (Wildman–Crippen MR) is 90.9 cm³/mol. The topological polar surface area (TPSA) is 48.3 Å². The first-order chi connectivity index (χ1) is 11.4. The molecule has 3 atom stereocenters. The summed E-state index contributed by atoms with van der Waals surface area (Å²) in [5.41, 5.74) is 1.37. The Balaban J connectivity index is 1.63. The molecule has 0 bridgehead atoms. The summed E-state index contributed by atoms with van der Waals surface area (Å²) in [5.74, 6) is 0.236. The third kappa shape index (κ3) is 4.54. The van der Waals surface area contributed by atoms with E-state index in [1.165, 1.54) is 18.4 Å². The molecule has 1 aliphatic carbocycles. The summed E-state index contributed by atoms with van der Waals surface area (Å²) >= 11 is 0. The fraction of sp³-hybridized carbons (Fsp3) is 0.632. The highest BCUT2D eigenvalue weighted by molar-refractivity contribution is 5.19. The van der Waals surface area contributed by atoms with Crippen molar-refractivity contribution in [1.29, 1.82) is 5.26 Å². The third-order valence-corrected chi connectivity index (χ3v) is 5.13. The summed E-state index contributed by atoms with van der Waals surface area (Å²) in [5, 5.41) is 12.9. The largest absolute Gasteiger partial charge is 0.379 e. The second-order valence-corrected chi connectivity index (χ2v) is 6.67. The zero-order valence-corrected chi connectivity index (χ0v) is 13.8. The first kappa shape index (κ1) is 16.4. The molecule has 1 aromatic carbocycles. The minimum Gasteiger partial charge on any atom is -0.379 e. The lowest BCUT2D eigenvalue weighted by Gasteiger charge is -2.36. The molecule has 4 nitrogen and oxygen atoms in total. The van der Waals surface area contributed by atoms with Crippen molar-refractivity contribution < 1.29 is 4.74 Å². The quantitative estimate of drug-likeness (QED) is 0.908. The zero-order valence-electron chi connectivity index (χ0n) is 13.8. The summed E-state index contributed by atoms with van der Waals surface area (Å²) < 4.78 is 5.51. The smallest absolute Gasteiger partial charge is 0.0656 e. The van der Waals surface area contributed by atoms with Gasteiger partial charge in [-0.1, -0.05) is 36.8 Å². The number of benzene rings is 1. The van der Waals surface area contributed by atoms with Crippen LogP contribution in [0.2, 0.25) is 0 Å². The first-order valence-electron chi connectivity index (χ1n) is 8.86. The van der Waals surface area contributed by atoms with Gasteiger partial charge in [-0.15, -0.1) is 0 Å². The van der Waals surface area contributed by atoms with Gasteiger partial charge in [-0.2, -0.15) is 5.26 Å². The van der Waals surface area contributed by atoms with Crippen molar-refractivity contribution in [3.63, 3.8) is 0 Å². The van der Waals surface area contributed by atoms with Crippen molar-refractivity contribution >= 4 is 0 Å². The number of hydrogen-bond donors (Lipinski definition) is 1. The van der Waals surface area contributed by atoms with E-state index in [0.29, 0.717) is 12.1 Å². The number of nitriles is 1. The molecule has 1 saturated carbocycles. The lowest BCUT2D eigenvalue weighted by Crippen LogP contribution is -2.45. The minimum absolute atomic E-state index is 0.236. The van der Waals surface area contributed by atoms with Crippen LogP contribution in [-0.4, -0.2) is 43.8 Å². The molecule has 0 spiro atoms. The Morgan fingerprint density at radius 1 is 1.22 bits per heavy atom. The van der Waals surface area contributed by atoms with Gasteiger partial charge in [-0.3, -0.25) is 4.90 Å². The molecule has 3 unspecified atom stereocenters. The Kier molecular flexibility index (Phi) is 6.04. The average molecular weight is 313 g/mol.